The number of carbonyl (C=O) groups excluding carboxylic acids is 1. The van der Waals surface area contributed by atoms with E-state index in [1.165, 1.54) is 0 Å². The quantitative estimate of drug-likeness (QED) is 0.383. The van der Waals surface area contributed by atoms with Gasteiger partial charge in [0, 0.05) is 6.54 Å². The number of nitrogens with one attached hydrogen (secondary N) is 2. The Labute approximate surface area is 63.4 Å². The van der Waals surface area contributed by atoms with Crippen LogP contribution in [0.15, 0.2) is 11.3 Å². The first kappa shape index (κ1) is 6.19. The van der Waals surface area contributed by atoms with Gasteiger partial charge in [-0.05, 0) is 5.57 Å². The predicted molar refractivity (Wildman–Crippen MR) is 37.4 cm³/mol. The van der Waals surface area contributed by atoms with Crippen LogP contribution in [0.4, 0.5) is 0 Å². The largest absolute Gasteiger partial charge is 0.327 e. The third-order valence-electron chi connectivity index (χ3n) is 1.78. The molecule has 2 aliphatic heterocycles. The van der Waals surface area contributed by atoms with Crippen molar-refractivity contribution in [2.75, 3.05) is 6.54 Å². The Bertz CT molecular complexity index is 224. The topological polar surface area (TPSA) is 41.1 Å². The molecule has 0 aromatic rings. The monoisotopic (exact) mass is 158 g/mol. The summed E-state index contributed by atoms with van der Waals surface area (Å²) < 4.78 is 0. The highest BCUT2D eigenvalue weighted by Gasteiger charge is 2.30. The second-order valence-electron chi connectivity index (χ2n) is 2.49. The minimum atomic E-state index is -0.179. The van der Waals surface area contributed by atoms with Crippen molar-refractivity contribution in [1.29, 1.82) is 0 Å². The summed E-state index contributed by atoms with van der Waals surface area (Å²) in [7, 11) is 0. The molecule has 10 heavy (non-hydrogen) atoms. The molecule has 2 N–H and O–H groups in total. The summed E-state index contributed by atoms with van der Waals surface area (Å²) in [5.41, 5.74) is 1.82. The smallest absolute Gasteiger partial charge is 0.228 e. The molecule has 0 saturated heterocycles. The highest BCUT2D eigenvalue weighted by atomic mass is 35.5. The van der Waals surface area contributed by atoms with Crippen molar-refractivity contribution < 1.29 is 4.79 Å². The third kappa shape index (κ3) is 0.744. The van der Waals surface area contributed by atoms with E-state index in [0.29, 0.717) is 6.42 Å². The molecule has 0 aliphatic carbocycles. The van der Waals surface area contributed by atoms with E-state index in [9.17, 15) is 4.79 Å². The molecule has 0 saturated carbocycles. The molecule has 54 valence electrons. The number of halogens is 1. The van der Waals surface area contributed by atoms with Crippen LogP contribution in [0.25, 0.3) is 0 Å². The molecule has 0 bridgehead atoms. The van der Waals surface area contributed by atoms with Crippen LogP contribution in [0.2, 0.25) is 0 Å². The van der Waals surface area contributed by atoms with Crippen LogP contribution in [0, 0.1) is 0 Å². The molecule has 2 rings (SSSR count). The molecule has 4 heteroatoms. The summed E-state index contributed by atoms with van der Waals surface area (Å²) in [6.07, 6.45) is 0.519. The average Bonchev–Trinajstić information content (AvgIpc) is 2.35. The van der Waals surface area contributed by atoms with Gasteiger partial charge in [-0.1, -0.05) is 11.6 Å². The Morgan fingerprint density at radius 1 is 1.60 bits per heavy atom. The molecule has 3 nitrogen and oxygen atoms in total. The summed E-state index contributed by atoms with van der Waals surface area (Å²) in [6.45, 7) is 0.752. The Morgan fingerprint density at radius 2 is 2.40 bits per heavy atom. The molecule has 2 aliphatic rings. The second kappa shape index (κ2) is 1.97. The zero-order valence-electron chi connectivity index (χ0n) is 5.28. The van der Waals surface area contributed by atoms with Crippen molar-refractivity contribution in [3.8, 4) is 0 Å². The van der Waals surface area contributed by atoms with E-state index in [1.54, 1.807) is 0 Å². The van der Waals surface area contributed by atoms with Gasteiger partial charge < -0.3 is 5.32 Å². The van der Waals surface area contributed by atoms with E-state index in [4.69, 9.17) is 11.6 Å². The summed E-state index contributed by atoms with van der Waals surface area (Å²) in [5.74, 6) is 0.0668. The average molecular weight is 159 g/mol. The van der Waals surface area contributed by atoms with Gasteiger partial charge in [-0.3, -0.25) is 10.1 Å². The molecule has 0 spiro atoms. The van der Waals surface area contributed by atoms with Crippen LogP contribution in [0.5, 0.6) is 0 Å². The van der Waals surface area contributed by atoms with E-state index in [0.717, 1.165) is 17.8 Å². The first-order valence-corrected chi connectivity index (χ1v) is 3.60. The fourth-order valence-corrected chi connectivity index (χ4v) is 1.57. The van der Waals surface area contributed by atoms with Gasteiger partial charge in [0.15, 0.2) is 0 Å². The van der Waals surface area contributed by atoms with E-state index >= 15 is 0 Å². The summed E-state index contributed by atoms with van der Waals surface area (Å²) in [6, 6.07) is 0. The normalized spacial score (nSPS) is 30.9. The van der Waals surface area contributed by atoms with Gasteiger partial charge in [-0.25, -0.2) is 0 Å². The minimum Gasteiger partial charge on any atom is -0.327 e. The van der Waals surface area contributed by atoms with Crippen LogP contribution < -0.4 is 10.6 Å². The molecule has 0 radical (unpaired) electrons. The van der Waals surface area contributed by atoms with E-state index in [1.807, 2.05) is 0 Å². The zero-order valence-corrected chi connectivity index (χ0v) is 6.03. The number of hydrogen-bond donors (Lipinski definition) is 2. The highest BCUT2D eigenvalue weighted by Crippen LogP contribution is 2.23. The van der Waals surface area contributed by atoms with Crippen molar-refractivity contribution in [1.82, 2.24) is 10.6 Å². The van der Waals surface area contributed by atoms with Crippen LogP contribution in [-0.2, 0) is 4.79 Å². The van der Waals surface area contributed by atoms with Gasteiger partial charge in [0.1, 0.15) is 5.50 Å². The van der Waals surface area contributed by atoms with E-state index in [-0.39, 0.29) is 11.4 Å². The lowest BCUT2D eigenvalue weighted by Gasteiger charge is -2.05. The van der Waals surface area contributed by atoms with Crippen LogP contribution >= 0.6 is 11.6 Å². The lowest BCUT2D eigenvalue weighted by Crippen LogP contribution is -2.28. The summed E-state index contributed by atoms with van der Waals surface area (Å²) in [4.78, 5) is 10.8. The van der Waals surface area contributed by atoms with Crippen LogP contribution in [0.1, 0.15) is 6.42 Å². The maximum Gasteiger partial charge on any atom is 0.228 e. The standard InChI is InChI=1S/C6H7ClN2O/c7-6-5-3(2-8-6)1-4(10)9-5/h6,8H,1-2H2,(H,9,10). The number of amides is 1. The van der Waals surface area contributed by atoms with Crippen molar-refractivity contribution in [3.05, 3.63) is 11.3 Å². The molecular weight excluding hydrogens is 152 g/mol. The van der Waals surface area contributed by atoms with Crippen LogP contribution in [0.3, 0.4) is 0 Å². The van der Waals surface area contributed by atoms with Crippen molar-refractivity contribution in [2.24, 2.45) is 0 Å². The molecule has 1 atom stereocenters. The summed E-state index contributed by atoms with van der Waals surface area (Å²) >= 11 is 5.79. The minimum absolute atomic E-state index is 0.0668. The molecule has 1 amide bonds. The van der Waals surface area contributed by atoms with Gasteiger partial charge in [0.25, 0.3) is 0 Å². The number of alkyl halides is 1. The maximum atomic E-state index is 10.8. The van der Waals surface area contributed by atoms with E-state index in [2.05, 4.69) is 10.6 Å². The molecule has 0 fully saturated rings. The fraction of sp³-hybridized carbons (Fsp3) is 0.500. The third-order valence-corrected chi connectivity index (χ3v) is 2.15. The SMILES string of the molecule is O=C1CC2=C(N1)C(Cl)NC2. The Morgan fingerprint density at radius 3 is 3.10 bits per heavy atom. The molecule has 1 unspecified atom stereocenters. The van der Waals surface area contributed by atoms with Crippen molar-refractivity contribution in [2.45, 2.75) is 11.9 Å². The Balaban J connectivity index is 2.25. The van der Waals surface area contributed by atoms with Gasteiger partial charge >= 0.3 is 0 Å². The first-order valence-electron chi connectivity index (χ1n) is 3.16. The Kier molecular flexibility index (Phi) is 1.22. The molecule has 0 aromatic carbocycles. The van der Waals surface area contributed by atoms with Crippen molar-refractivity contribution >= 4 is 17.5 Å². The number of hydrogen-bond acceptors (Lipinski definition) is 2. The predicted octanol–water partition coefficient (Wildman–Crippen LogP) is -0.0715. The zero-order chi connectivity index (χ0) is 7.14. The number of carbonyl (C=O) groups is 1. The lowest BCUT2D eigenvalue weighted by atomic mass is 10.2. The number of rotatable bonds is 0. The lowest BCUT2D eigenvalue weighted by molar-refractivity contribution is -0.119. The highest BCUT2D eigenvalue weighted by molar-refractivity contribution is 6.22. The molecule has 2 heterocycles. The second-order valence-corrected chi connectivity index (χ2v) is 2.92. The molecule has 0 aromatic heterocycles. The van der Waals surface area contributed by atoms with Crippen LogP contribution in [-0.4, -0.2) is 18.0 Å². The van der Waals surface area contributed by atoms with E-state index < -0.39 is 0 Å². The first-order chi connectivity index (χ1) is 4.77. The van der Waals surface area contributed by atoms with Gasteiger partial charge in [0.2, 0.25) is 5.91 Å². The molecular formula is C6H7ClN2O. The summed E-state index contributed by atoms with van der Waals surface area (Å²) in [5, 5.41) is 5.73. The Hall–Kier alpha value is -0.540. The van der Waals surface area contributed by atoms with Gasteiger partial charge in [-0.15, -0.1) is 0 Å². The van der Waals surface area contributed by atoms with Crippen molar-refractivity contribution in [3.63, 3.8) is 0 Å². The fourth-order valence-electron chi connectivity index (χ4n) is 1.29. The van der Waals surface area contributed by atoms with Gasteiger partial charge in [0.05, 0.1) is 12.1 Å². The van der Waals surface area contributed by atoms with Gasteiger partial charge in [-0.2, -0.15) is 0 Å². The maximum absolute atomic E-state index is 10.8.